The van der Waals surface area contributed by atoms with Crippen LogP contribution in [-0.4, -0.2) is 58.4 Å². The zero-order chi connectivity index (χ0) is 27.8. The van der Waals surface area contributed by atoms with Gasteiger partial charge in [-0.1, -0.05) is 36.4 Å². The van der Waals surface area contributed by atoms with Crippen molar-refractivity contribution in [2.24, 2.45) is 5.92 Å². The van der Waals surface area contributed by atoms with Gasteiger partial charge >= 0.3 is 0 Å². The molecule has 10 heteroatoms. The molecule has 2 amide bonds. The summed E-state index contributed by atoms with van der Waals surface area (Å²) in [6.07, 6.45) is 1.71. The summed E-state index contributed by atoms with van der Waals surface area (Å²) in [7, 11) is -0.545. The number of nitrogens with zero attached hydrogens (tertiary/aromatic N) is 1. The molecule has 3 aromatic rings. The molecule has 206 valence electrons. The van der Waals surface area contributed by atoms with E-state index in [9.17, 15) is 18.0 Å². The van der Waals surface area contributed by atoms with Crippen LogP contribution in [0, 0.1) is 5.92 Å². The molecule has 1 aliphatic heterocycles. The van der Waals surface area contributed by atoms with Gasteiger partial charge in [-0.25, -0.2) is 8.42 Å². The first kappa shape index (κ1) is 28.1. The lowest BCUT2D eigenvalue weighted by Gasteiger charge is -2.31. The number of anilines is 1. The van der Waals surface area contributed by atoms with Gasteiger partial charge in [0.2, 0.25) is 15.9 Å². The second-order valence-electron chi connectivity index (χ2n) is 9.25. The molecule has 0 spiro atoms. The van der Waals surface area contributed by atoms with Crippen molar-refractivity contribution in [3.63, 3.8) is 0 Å². The van der Waals surface area contributed by atoms with Crippen molar-refractivity contribution in [1.82, 2.24) is 9.62 Å². The summed E-state index contributed by atoms with van der Waals surface area (Å²) in [5.74, 6) is 0.0937. The Morgan fingerprint density at radius 2 is 1.67 bits per heavy atom. The Balaban J connectivity index is 1.38. The van der Waals surface area contributed by atoms with Gasteiger partial charge in [0.1, 0.15) is 0 Å². The van der Waals surface area contributed by atoms with Gasteiger partial charge in [-0.15, -0.1) is 0 Å². The highest BCUT2D eigenvalue weighted by atomic mass is 32.2. The van der Waals surface area contributed by atoms with E-state index in [1.54, 1.807) is 68.8 Å². The Morgan fingerprint density at radius 1 is 0.949 bits per heavy atom. The number of sulfonamides is 1. The van der Waals surface area contributed by atoms with Gasteiger partial charge in [-0.3, -0.25) is 9.59 Å². The summed E-state index contributed by atoms with van der Waals surface area (Å²) in [4.78, 5) is 26.4. The molecule has 0 saturated carbocycles. The molecular formula is C29H33N3O6S. The van der Waals surface area contributed by atoms with Crippen LogP contribution in [0.3, 0.4) is 0 Å². The maximum Gasteiger partial charge on any atom is 0.253 e. The van der Waals surface area contributed by atoms with Gasteiger partial charge in [0.05, 0.1) is 36.3 Å². The molecule has 9 nitrogen and oxygen atoms in total. The van der Waals surface area contributed by atoms with Gasteiger partial charge in [0, 0.05) is 19.6 Å². The lowest BCUT2D eigenvalue weighted by Crippen LogP contribution is -2.43. The summed E-state index contributed by atoms with van der Waals surface area (Å²) in [5, 5.41) is 5.76. The average molecular weight is 552 g/mol. The Labute approximate surface area is 229 Å². The predicted molar refractivity (Wildman–Crippen MR) is 149 cm³/mol. The van der Waals surface area contributed by atoms with Crippen molar-refractivity contribution in [3.8, 4) is 11.5 Å². The first-order chi connectivity index (χ1) is 18.8. The number of amides is 2. The van der Waals surface area contributed by atoms with E-state index in [0.29, 0.717) is 55.1 Å². The maximum atomic E-state index is 13.2. The average Bonchev–Trinajstić information content (AvgIpc) is 2.97. The maximum absolute atomic E-state index is 13.2. The van der Waals surface area contributed by atoms with Crippen LogP contribution in [0.1, 0.15) is 28.8 Å². The molecule has 3 aromatic carbocycles. The Kier molecular flexibility index (Phi) is 9.21. The van der Waals surface area contributed by atoms with Gasteiger partial charge in [0.25, 0.3) is 5.91 Å². The van der Waals surface area contributed by atoms with Crippen LogP contribution in [0.2, 0.25) is 0 Å². The van der Waals surface area contributed by atoms with Crippen LogP contribution < -0.4 is 20.1 Å². The summed E-state index contributed by atoms with van der Waals surface area (Å²) < 4.78 is 38.1. The van der Waals surface area contributed by atoms with E-state index in [1.165, 1.54) is 4.31 Å². The van der Waals surface area contributed by atoms with Crippen LogP contribution in [-0.2, 0) is 21.2 Å². The number of rotatable bonds is 10. The second-order valence-corrected chi connectivity index (χ2v) is 11.2. The molecule has 0 unspecified atom stereocenters. The third kappa shape index (κ3) is 6.76. The van der Waals surface area contributed by atoms with Gasteiger partial charge in [-0.2, -0.15) is 4.31 Å². The molecule has 1 heterocycles. The smallest absolute Gasteiger partial charge is 0.253 e. The summed E-state index contributed by atoms with van der Waals surface area (Å²) in [5.41, 5.74) is 1.69. The zero-order valence-corrected chi connectivity index (χ0v) is 22.9. The Bertz CT molecular complexity index is 1410. The summed E-state index contributed by atoms with van der Waals surface area (Å²) in [6, 6.07) is 20.6. The second kappa shape index (κ2) is 12.8. The number of methoxy groups -OCH3 is 2. The molecule has 1 saturated heterocycles. The van der Waals surface area contributed by atoms with E-state index in [1.807, 2.05) is 18.2 Å². The third-order valence-corrected chi connectivity index (χ3v) is 8.59. The van der Waals surface area contributed by atoms with Crippen molar-refractivity contribution < 1.29 is 27.5 Å². The number of nitrogens with one attached hydrogen (secondary N) is 2. The topological polar surface area (TPSA) is 114 Å². The number of para-hydroxylation sites is 1. The van der Waals surface area contributed by atoms with Crippen LogP contribution in [0.15, 0.2) is 77.7 Å². The van der Waals surface area contributed by atoms with Crippen molar-refractivity contribution in [1.29, 1.82) is 0 Å². The van der Waals surface area contributed by atoms with Gasteiger partial charge in [0.15, 0.2) is 11.5 Å². The highest BCUT2D eigenvalue weighted by Crippen LogP contribution is 2.28. The molecule has 0 aliphatic carbocycles. The fourth-order valence-corrected chi connectivity index (χ4v) is 6.14. The Morgan fingerprint density at radius 3 is 2.41 bits per heavy atom. The number of piperidine rings is 1. The van der Waals surface area contributed by atoms with Crippen LogP contribution >= 0.6 is 0 Å². The standard InChI is InChI=1S/C29H33N3O6S/c1-37-26-15-14-21(19-27(26)38-2)16-17-30-29(34)24-12-6-7-13-25(24)31-28(33)22-9-8-18-32(20-22)39(35,36)23-10-4-3-5-11-23/h3-7,10-15,19,22H,8-9,16-18,20H2,1-2H3,(H,30,34)(H,31,33)/t22-/m0/s1. The number of hydrogen-bond acceptors (Lipinski definition) is 6. The van der Waals surface area contributed by atoms with Crippen LogP contribution in [0.4, 0.5) is 5.69 Å². The Hall–Kier alpha value is -3.89. The summed E-state index contributed by atoms with van der Waals surface area (Å²) >= 11 is 0. The van der Waals surface area contributed by atoms with Crippen LogP contribution in [0.5, 0.6) is 11.5 Å². The minimum atomic E-state index is -3.69. The highest BCUT2D eigenvalue weighted by Gasteiger charge is 2.33. The number of carbonyl (C=O) groups is 2. The molecule has 0 aromatic heterocycles. The fourth-order valence-electron chi connectivity index (χ4n) is 4.59. The minimum absolute atomic E-state index is 0.0861. The molecule has 1 fully saturated rings. The first-order valence-electron chi connectivity index (χ1n) is 12.8. The molecule has 2 N–H and O–H groups in total. The lowest BCUT2D eigenvalue weighted by atomic mass is 9.98. The normalized spacial score (nSPS) is 15.8. The monoisotopic (exact) mass is 551 g/mol. The number of ether oxygens (including phenoxy) is 2. The van der Waals surface area contributed by atoms with E-state index in [0.717, 1.165) is 5.56 Å². The molecular weight excluding hydrogens is 518 g/mol. The first-order valence-corrected chi connectivity index (χ1v) is 14.2. The minimum Gasteiger partial charge on any atom is -0.493 e. The van der Waals surface area contributed by atoms with Gasteiger partial charge in [-0.05, 0) is 61.2 Å². The number of carbonyl (C=O) groups excluding carboxylic acids is 2. The van der Waals surface area contributed by atoms with E-state index in [2.05, 4.69) is 10.6 Å². The van der Waals surface area contributed by atoms with Crippen molar-refractivity contribution in [2.75, 3.05) is 39.2 Å². The van der Waals surface area contributed by atoms with Crippen molar-refractivity contribution in [2.45, 2.75) is 24.2 Å². The lowest BCUT2D eigenvalue weighted by molar-refractivity contribution is -0.120. The molecule has 1 aliphatic rings. The van der Waals surface area contributed by atoms with Crippen molar-refractivity contribution in [3.05, 3.63) is 83.9 Å². The predicted octanol–water partition coefficient (Wildman–Crippen LogP) is 3.72. The molecule has 1 atom stereocenters. The SMILES string of the molecule is COc1ccc(CCNC(=O)c2ccccc2NC(=O)[C@H]2CCCN(S(=O)(=O)c3ccccc3)C2)cc1OC. The molecule has 0 radical (unpaired) electrons. The highest BCUT2D eigenvalue weighted by molar-refractivity contribution is 7.89. The zero-order valence-electron chi connectivity index (χ0n) is 22.1. The molecule has 0 bridgehead atoms. The third-order valence-electron chi connectivity index (χ3n) is 6.71. The van der Waals surface area contributed by atoms with Crippen LogP contribution in [0.25, 0.3) is 0 Å². The van der Waals surface area contributed by atoms with Crippen molar-refractivity contribution >= 4 is 27.5 Å². The quantitative estimate of drug-likeness (QED) is 0.397. The van der Waals surface area contributed by atoms with Gasteiger partial charge < -0.3 is 20.1 Å². The number of benzene rings is 3. The fraction of sp³-hybridized carbons (Fsp3) is 0.310. The van der Waals surface area contributed by atoms with E-state index in [4.69, 9.17) is 9.47 Å². The van der Waals surface area contributed by atoms with E-state index in [-0.39, 0.29) is 23.3 Å². The summed E-state index contributed by atoms with van der Waals surface area (Å²) in [6.45, 7) is 0.828. The number of hydrogen-bond donors (Lipinski definition) is 2. The van der Waals surface area contributed by atoms with E-state index < -0.39 is 15.9 Å². The molecule has 4 rings (SSSR count). The van der Waals surface area contributed by atoms with E-state index >= 15 is 0 Å². The molecule has 39 heavy (non-hydrogen) atoms. The largest absolute Gasteiger partial charge is 0.493 e.